The summed E-state index contributed by atoms with van der Waals surface area (Å²) in [6.45, 7) is 2.71. The summed E-state index contributed by atoms with van der Waals surface area (Å²) in [4.78, 5) is 40.2. The van der Waals surface area contributed by atoms with Crippen molar-refractivity contribution in [3.05, 3.63) is 80.9 Å². The second kappa shape index (κ2) is 9.83. The number of alkyl halides is 3. The first-order valence-electron chi connectivity index (χ1n) is 9.64. The van der Waals surface area contributed by atoms with Gasteiger partial charge in [-0.05, 0) is 37.3 Å². The maximum Gasteiger partial charge on any atom is 0.416 e. The van der Waals surface area contributed by atoms with E-state index in [0.717, 1.165) is 34.4 Å². The Hall–Kier alpha value is -4.06. The smallest absolute Gasteiger partial charge is 0.322 e. The molecule has 1 heterocycles. The van der Waals surface area contributed by atoms with E-state index in [1.807, 2.05) is 0 Å². The van der Waals surface area contributed by atoms with Crippen molar-refractivity contribution in [1.82, 2.24) is 4.98 Å². The van der Waals surface area contributed by atoms with Crippen LogP contribution in [0.5, 0.6) is 0 Å². The summed E-state index contributed by atoms with van der Waals surface area (Å²) >= 11 is 1.01. The summed E-state index contributed by atoms with van der Waals surface area (Å²) < 4.78 is 39.2. The van der Waals surface area contributed by atoms with E-state index >= 15 is 0 Å². The molecule has 12 heteroatoms. The molecule has 34 heavy (non-hydrogen) atoms. The molecule has 176 valence electrons. The molecule has 8 nitrogen and oxygen atoms in total. The zero-order valence-corrected chi connectivity index (χ0v) is 18.6. The van der Waals surface area contributed by atoms with Crippen LogP contribution in [0.2, 0.25) is 0 Å². The number of benzene rings is 2. The van der Waals surface area contributed by atoms with E-state index in [9.17, 15) is 32.9 Å². The molecule has 0 spiro atoms. The third kappa shape index (κ3) is 5.64. The minimum atomic E-state index is -4.57. The number of anilines is 3. The van der Waals surface area contributed by atoms with Gasteiger partial charge in [-0.3, -0.25) is 24.6 Å². The second-order valence-electron chi connectivity index (χ2n) is 6.99. The van der Waals surface area contributed by atoms with Crippen molar-refractivity contribution in [3.8, 4) is 0 Å². The van der Waals surface area contributed by atoms with Crippen molar-refractivity contribution in [2.24, 2.45) is 0 Å². The molecule has 3 rings (SSSR count). The summed E-state index contributed by atoms with van der Waals surface area (Å²) in [6, 6.07) is 8.61. The number of carbonyl (C=O) groups excluding carboxylic acids is 2. The lowest BCUT2D eigenvalue weighted by Gasteiger charge is -2.19. The number of nitro benzene ring substituents is 1. The summed E-state index contributed by atoms with van der Waals surface area (Å²) in [6.07, 6.45) is -2.06. The van der Waals surface area contributed by atoms with Gasteiger partial charge in [-0.15, -0.1) is 11.3 Å². The Morgan fingerprint density at radius 2 is 1.91 bits per heavy atom. The maximum absolute atomic E-state index is 13.1. The van der Waals surface area contributed by atoms with Crippen LogP contribution in [0.4, 0.5) is 35.4 Å². The van der Waals surface area contributed by atoms with Crippen molar-refractivity contribution in [1.29, 1.82) is 0 Å². The summed E-state index contributed by atoms with van der Waals surface area (Å²) in [5.41, 5.74) is -0.167. The standard InChI is InChI=1S/C22H17F3N4O4S/c1-13-18(7-4-8-19(13)29(32)33)27-20(31)10-9-16-12-34-21(26-16)28(14(2)30)17-6-3-5-15(11-17)22(23,24)25/h3-12H,1-2H3,(H,27,31)/b10-9+. The van der Waals surface area contributed by atoms with Gasteiger partial charge in [-0.25, -0.2) is 4.98 Å². The topological polar surface area (TPSA) is 105 Å². The fourth-order valence-corrected chi connectivity index (χ4v) is 3.85. The lowest BCUT2D eigenvalue weighted by molar-refractivity contribution is -0.385. The number of thiazole rings is 1. The zero-order chi connectivity index (χ0) is 25.0. The molecule has 3 aromatic rings. The van der Waals surface area contributed by atoms with Crippen LogP contribution in [0, 0.1) is 17.0 Å². The number of hydrogen-bond donors (Lipinski definition) is 1. The highest BCUT2D eigenvalue weighted by atomic mass is 32.1. The first-order chi connectivity index (χ1) is 16.0. The van der Waals surface area contributed by atoms with Crippen molar-refractivity contribution in [2.45, 2.75) is 20.0 Å². The molecule has 0 saturated heterocycles. The third-order valence-electron chi connectivity index (χ3n) is 4.61. The Balaban J connectivity index is 1.79. The predicted molar refractivity (Wildman–Crippen MR) is 122 cm³/mol. The Morgan fingerprint density at radius 1 is 1.21 bits per heavy atom. The van der Waals surface area contributed by atoms with Gasteiger partial charge < -0.3 is 5.32 Å². The number of nitrogens with one attached hydrogen (secondary N) is 1. The normalized spacial score (nSPS) is 11.4. The molecule has 0 aliphatic carbocycles. The quantitative estimate of drug-likeness (QED) is 0.270. The number of hydrogen-bond acceptors (Lipinski definition) is 6. The number of nitro groups is 1. The van der Waals surface area contributed by atoms with Gasteiger partial charge in [0.05, 0.1) is 33.1 Å². The van der Waals surface area contributed by atoms with Crippen LogP contribution < -0.4 is 10.2 Å². The minimum Gasteiger partial charge on any atom is -0.322 e. The van der Waals surface area contributed by atoms with Crippen LogP contribution in [-0.4, -0.2) is 21.7 Å². The van der Waals surface area contributed by atoms with E-state index in [4.69, 9.17) is 0 Å². The van der Waals surface area contributed by atoms with Crippen molar-refractivity contribution < 1.29 is 27.7 Å². The highest BCUT2D eigenvalue weighted by molar-refractivity contribution is 7.14. The average Bonchev–Trinajstić information content (AvgIpc) is 3.21. The van der Waals surface area contributed by atoms with Crippen LogP contribution >= 0.6 is 11.3 Å². The molecular weight excluding hydrogens is 473 g/mol. The van der Waals surface area contributed by atoms with Crippen LogP contribution in [0.1, 0.15) is 23.7 Å². The van der Waals surface area contributed by atoms with Crippen LogP contribution in [-0.2, 0) is 15.8 Å². The fraction of sp³-hybridized carbons (Fsp3) is 0.136. The molecule has 0 aliphatic rings. The number of halogens is 3. The number of carbonyl (C=O) groups is 2. The van der Waals surface area contributed by atoms with Gasteiger partial charge in [0.25, 0.3) is 5.69 Å². The van der Waals surface area contributed by atoms with Crippen molar-refractivity contribution >= 4 is 51.4 Å². The SMILES string of the molecule is CC(=O)N(c1cccc(C(F)(F)F)c1)c1nc(/C=C/C(=O)Nc2cccc([N+](=O)[O-])c2C)cs1. The largest absolute Gasteiger partial charge is 0.416 e. The van der Waals surface area contributed by atoms with E-state index in [-0.39, 0.29) is 22.2 Å². The van der Waals surface area contributed by atoms with Crippen LogP contribution in [0.25, 0.3) is 6.08 Å². The molecule has 2 aromatic carbocycles. The number of aromatic nitrogens is 1. The van der Waals surface area contributed by atoms with Crippen LogP contribution in [0.15, 0.2) is 53.9 Å². The lowest BCUT2D eigenvalue weighted by atomic mass is 10.1. The average molecular weight is 490 g/mol. The number of nitrogens with zero attached hydrogens (tertiary/aromatic N) is 3. The van der Waals surface area contributed by atoms with Crippen LogP contribution in [0.3, 0.4) is 0 Å². The summed E-state index contributed by atoms with van der Waals surface area (Å²) in [5, 5.41) is 15.2. The number of amides is 2. The highest BCUT2D eigenvalue weighted by Crippen LogP contribution is 2.35. The van der Waals surface area contributed by atoms with E-state index in [1.54, 1.807) is 0 Å². The Bertz CT molecular complexity index is 1290. The summed E-state index contributed by atoms with van der Waals surface area (Å²) in [7, 11) is 0. The van der Waals surface area contributed by atoms with Gasteiger partial charge in [0.2, 0.25) is 11.8 Å². The predicted octanol–water partition coefficient (Wildman–Crippen LogP) is 5.72. The highest BCUT2D eigenvalue weighted by Gasteiger charge is 2.31. The third-order valence-corrected chi connectivity index (χ3v) is 5.46. The van der Waals surface area contributed by atoms with Gasteiger partial charge in [0.1, 0.15) is 0 Å². The van der Waals surface area contributed by atoms with Gasteiger partial charge in [-0.2, -0.15) is 13.2 Å². The van der Waals surface area contributed by atoms with E-state index < -0.39 is 28.5 Å². The minimum absolute atomic E-state index is 0.00564. The zero-order valence-electron chi connectivity index (χ0n) is 17.8. The number of rotatable bonds is 6. The molecule has 0 atom stereocenters. The Labute approximate surface area is 195 Å². The van der Waals surface area contributed by atoms with Crippen molar-refractivity contribution in [3.63, 3.8) is 0 Å². The lowest BCUT2D eigenvalue weighted by Crippen LogP contribution is -2.23. The Morgan fingerprint density at radius 3 is 2.56 bits per heavy atom. The van der Waals surface area contributed by atoms with Crippen molar-refractivity contribution in [2.75, 3.05) is 10.2 Å². The molecule has 0 bridgehead atoms. The first kappa shape index (κ1) is 24.6. The second-order valence-corrected chi connectivity index (χ2v) is 7.82. The molecule has 2 amide bonds. The molecule has 1 N–H and O–H groups in total. The van der Waals surface area contributed by atoms with Gasteiger partial charge >= 0.3 is 6.18 Å². The molecule has 1 aromatic heterocycles. The Kier molecular flexibility index (Phi) is 7.11. The summed E-state index contributed by atoms with van der Waals surface area (Å²) in [5.74, 6) is -1.11. The van der Waals surface area contributed by atoms with Gasteiger partial charge in [-0.1, -0.05) is 12.1 Å². The molecule has 0 saturated carbocycles. The fourth-order valence-electron chi connectivity index (χ4n) is 3.00. The molecule has 0 unspecified atom stereocenters. The molecule has 0 fully saturated rings. The molecule has 0 aliphatic heterocycles. The van der Waals surface area contributed by atoms with E-state index in [0.29, 0.717) is 11.3 Å². The van der Waals surface area contributed by atoms with E-state index in [1.165, 1.54) is 55.6 Å². The van der Waals surface area contributed by atoms with E-state index in [2.05, 4.69) is 10.3 Å². The van der Waals surface area contributed by atoms with Gasteiger partial charge in [0, 0.05) is 24.4 Å². The first-order valence-corrected chi connectivity index (χ1v) is 10.5. The molecular formula is C22H17F3N4O4S. The monoisotopic (exact) mass is 490 g/mol. The molecule has 0 radical (unpaired) electrons. The maximum atomic E-state index is 13.1. The van der Waals surface area contributed by atoms with Gasteiger partial charge in [0.15, 0.2) is 5.13 Å².